The van der Waals surface area contributed by atoms with Crippen LogP contribution in [-0.2, 0) is 17.8 Å². The number of hydrogen-bond acceptors (Lipinski definition) is 4. The smallest absolute Gasteiger partial charge is 0.225 e. The molecule has 1 N–H and O–H groups in total. The van der Waals surface area contributed by atoms with E-state index >= 15 is 0 Å². The Kier molecular flexibility index (Phi) is 4.60. The number of nitrogens with one attached hydrogen (secondary N) is 1. The number of halogens is 1. The summed E-state index contributed by atoms with van der Waals surface area (Å²) in [5, 5.41) is 4.74. The van der Waals surface area contributed by atoms with E-state index < -0.39 is 0 Å². The molecule has 0 saturated carbocycles. The number of hydrogen-bond donors (Lipinski definition) is 1. The Labute approximate surface area is 135 Å². The highest BCUT2D eigenvalue weighted by molar-refractivity contribution is 7.14. The molecule has 0 saturated heterocycles. The fourth-order valence-corrected chi connectivity index (χ4v) is 3.64. The number of thiazole rings is 1. The zero-order valence-electron chi connectivity index (χ0n) is 11.6. The standard InChI is InChI=1S/C16H13FN2OS2/c17-12-5-2-1-4-11(12)9-18-15(20)8-14-16(19-10-22-14)13-6-3-7-21-13/h1-7,10H,8-9H2,(H,18,20). The van der Waals surface area contributed by atoms with E-state index in [4.69, 9.17) is 0 Å². The number of nitrogens with zero attached hydrogens (tertiary/aromatic N) is 1. The van der Waals surface area contributed by atoms with Gasteiger partial charge in [-0.25, -0.2) is 9.37 Å². The Morgan fingerprint density at radius 2 is 2.05 bits per heavy atom. The molecule has 0 bridgehead atoms. The van der Waals surface area contributed by atoms with Gasteiger partial charge in [0.15, 0.2) is 0 Å². The third kappa shape index (κ3) is 3.40. The molecular weight excluding hydrogens is 319 g/mol. The topological polar surface area (TPSA) is 42.0 Å². The molecular formula is C16H13FN2OS2. The van der Waals surface area contributed by atoms with Gasteiger partial charge in [-0.15, -0.1) is 22.7 Å². The van der Waals surface area contributed by atoms with Crippen molar-refractivity contribution in [2.75, 3.05) is 0 Å². The van der Waals surface area contributed by atoms with Gasteiger partial charge in [-0.2, -0.15) is 0 Å². The van der Waals surface area contributed by atoms with Gasteiger partial charge < -0.3 is 5.32 Å². The second kappa shape index (κ2) is 6.81. The van der Waals surface area contributed by atoms with E-state index in [-0.39, 0.29) is 24.7 Å². The molecule has 22 heavy (non-hydrogen) atoms. The zero-order chi connectivity index (χ0) is 15.4. The molecule has 2 heterocycles. The predicted octanol–water partition coefficient (Wildman–Crippen LogP) is 3.87. The van der Waals surface area contributed by atoms with Crippen LogP contribution < -0.4 is 5.32 Å². The van der Waals surface area contributed by atoms with Crippen molar-refractivity contribution >= 4 is 28.6 Å². The summed E-state index contributed by atoms with van der Waals surface area (Å²) in [6.45, 7) is 0.193. The summed E-state index contributed by atoms with van der Waals surface area (Å²) in [5.74, 6) is -0.440. The van der Waals surface area contributed by atoms with Gasteiger partial charge in [-0.3, -0.25) is 4.79 Å². The number of amides is 1. The number of aromatic nitrogens is 1. The van der Waals surface area contributed by atoms with Crippen LogP contribution in [-0.4, -0.2) is 10.9 Å². The molecule has 0 aliphatic heterocycles. The van der Waals surface area contributed by atoms with E-state index in [1.807, 2.05) is 17.5 Å². The van der Waals surface area contributed by atoms with E-state index in [1.54, 1.807) is 35.0 Å². The molecule has 0 aliphatic carbocycles. The fourth-order valence-electron chi connectivity index (χ4n) is 2.05. The van der Waals surface area contributed by atoms with E-state index in [0.29, 0.717) is 5.56 Å². The SMILES string of the molecule is O=C(Cc1scnc1-c1cccs1)NCc1ccccc1F. The van der Waals surface area contributed by atoms with E-state index in [0.717, 1.165) is 15.4 Å². The summed E-state index contributed by atoms with van der Waals surface area (Å²) in [4.78, 5) is 18.4. The number of rotatable bonds is 5. The first-order chi connectivity index (χ1) is 10.7. The molecule has 0 aliphatic rings. The lowest BCUT2D eigenvalue weighted by Crippen LogP contribution is -2.24. The van der Waals surface area contributed by atoms with Crippen LogP contribution in [0.15, 0.2) is 47.3 Å². The number of thiophene rings is 1. The second-order valence-electron chi connectivity index (χ2n) is 4.65. The highest BCUT2D eigenvalue weighted by Gasteiger charge is 2.13. The first kappa shape index (κ1) is 14.9. The van der Waals surface area contributed by atoms with Crippen LogP contribution in [0.1, 0.15) is 10.4 Å². The van der Waals surface area contributed by atoms with Crippen LogP contribution in [0, 0.1) is 5.82 Å². The minimum atomic E-state index is -0.306. The van der Waals surface area contributed by atoms with Crippen molar-refractivity contribution in [1.29, 1.82) is 0 Å². The van der Waals surface area contributed by atoms with Crippen molar-refractivity contribution in [1.82, 2.24) is 10.3 Å². The molecule has 3 nitrogen and oxygen atoms in total. The van der Waals surface area contributed by atoms with Crippen LogP contribution in [0.2, 0.25) is 0 Å². The summed E-state index contributed by atoms with van der Waals surface area (Å²) in [5.41, 5.74) is 3.09. The van der Waals surface area contributed by atoms with Crippen LogP contribution in [0.5, 0.6) is 0 Å². The van der Waals surface area contributed by atoms with Gasteiger partial charge in [0.2, 0.25) is 5.91 Å². The molecule has 0 radical (unpaired) electrons. The Balaban J connectivity index is 1.63. The van der Waals surface area contributed by atoms with Crippen LogP contribution in [0.4, 0.5) is 4.39 Å². The van der Waals surface area contributed by atoms with Crippen molar-refractivity contribution in [3.63, 3.8) is 0 Å². The lowest BCUT2D eigenvalue weighted by atomic mass is 10.2. The molecule has 1 aromatic carbocycles. The van der Waals surface area contributed by atoms with Crippen LogP contribution in [0.3, 0.4) is 0 Å². The van der Waals surface area contributed by atoms with Crippen LogP contribution in [0.25, 0.3) is 10.6 Å². The molecule has 112 valence electrons. The molecule has 2 aromatic heterocycles. The number of benzene rings is 1. The number of carbonyl (C=O) groups excluding carboxylic acids is 1. The fraction of sp³-hybridized carbons (Fsp3) is 0.125. The quantitative estimate of drug-likeness (QED) is 0.771. The van der Waals surface area contributed by atoms with Crippen molar-refractivity contribution in [2.24, 2.45) is 0 Å². The Bertz CT molecular complexity index is 768. The molecule has 6 heteroatoms. The highest BCUT2D eigenvalue weighted by Crippen LogP contribution is 2.29. The normalized spacial score (nSPS) is 10.6. The van der Waals surface area contributed by atoms with Crippen molar-refractivity contribution < 1.29 is 9.18 Å². The first-order valence-electron chi connectivity index (χ1n) is 6.70. The van der Waals surface area contributed by atoms with Gasteiger partial charge in [0, 0.05) is 17.0 Å². The van der Waals surface area contributed by atoms with E-state index in [1.165, 1.54) is 17.4 Å². The maximum absolute atomic E-state index is 13.5. The predicted molar refractivity (Wildman–Crippen MR) is 87.4 cm³/mol. The van der Waals surface area contributed by atoms with Crippen molar-refractivity contribution in [3.05, 3.63) is 63.5 Å². The second-order valence-corrected chi connectivity index (χ2v) is 6.53. The Morgan fingerprint density at radius 3 is 2.82 bits per heavy atom. The Hall–Kier alpha value is -2.05. The lowest BCUT2D eigenvalue weighted by molar-refractivity contribution is -0.120. The van der Waals surface area contributed by atoms with Gasteiger partial charge in [-0.05, 0) is 17.5 Å². The maximum atomic E-state index is 13.5. The van der Waals surface area contributed by atoms with Gasteiger partial charge >= 0.3 is 0 Å². The number of carbonyl (C=O) groups is 1. The van der Waals surface area contributed by atoms with Gasteiger partial charge in [-0.1, -0.05) is 24.3 Å². The molecule has 0 spiro atoms. The van der Waals surface area contributed by atoms with Gasteiger partial charge in [0.25, 0.3) is 0 Å². The molecule has 0 unspecified atom stereocenters. The summed E-state index contributed by atoms with van der Waals surface area (Å²) in [7, 11) is 0. The molecule has 0 fully saturated rings. The summed E-state index contributed by atoms with van der Waals surface area (Å²) >= 11 is 3.06. The van der Waals surface area contributed by atoms with Crippen molar-refractivity contribution in [2.45, 2.75) is 13.0 Å². The van der Waals surface area contributed by atoms with Crippen LogP contribution >= 0.6 is 22.7 Å². The first-order valence-corrected chi connectivity index (χ1v) is 8.46. The Morgan fingerprint density at radius 1 is 1.18 bits per heavy atom. The third-order valence-corrected chi connectivity index (χ3v) is 4.86. The summed E-state index contributed by atoms with van der Waals surface area (Å²) in [6, 6.07) is 10.4. The minimum absolute atomic E-state index is 0.134. The maximum Gasteiger partial charge on any atom is 0.225 e. The minimum Gasteiger partial charge on any atom is -0.352 e. The van der Waals surface area contributed by atoms with Gasteiger partial charge in [0.1, 0.15) is 5.82 Å². The highest BCUT2D eigenvalue weighted by atomic mass is 32.1. The molecule has 3 aromatic rings. The molecule has 3 rings (SSSR count). The molecule has 0 atom stereocenters. The zero-order valence-corrected chi connectivity index (χ0v) is 13.2. The third-order valence-electron chi connectivity index (χ3n) is 3.15. The van der Waals surface area contributed by atoms with Gasteiger partial charge in [0.05, 0.1) is 22.5 Å². The van der Waals surface area contributed by atoms with Crippen molar-refractivity contribution in [3.8, 4) is 10.6 Å². The average molecular weight is 332 g/mol. The summed E-state index contributed by atoms with van der Waals surface area (Å²) in [6.07, 6.45) is 0.256. The molecule has 1 amide bonds. The largest absolute Gasteiger partial charge is 0.352 e. The lowest BCUT2D eigenvalue weighted by Gasteiger charge is -2.06. The average Bonchev–Trinajstić information content (AvgIpc) is 3.17. The van der Waals surface area contributed by atoms with E-state index in [9.17, 15) is 9.18 Å². The van der Waals surface area contributed by atoms with E-state index in [2.05, 4.69) is 10.3 Å². The monoisotopic (exact) mass is 332 g/mol. The summed E-state index contributed by atoms with van der Waals surface area (Å²) < 4.78 is 13.5.